The van der Waals surface area contributed by atoms with Crippen molar-refractivity contribution in [1.29, 1.82) is 0 Å². The number of aliphatic hydroxyl groups is 2. The summed E-state index contributed by atoms with van der Waals surface area (Å²) in [5.41, 5.74) is 2.32. The van der Waals surface area contributed by atoms with Gasteiger partial charge in [0.1, 0.15) is 5.75 Å². The van der Waals surface area contributed by atoms with Gasteiger partial charge in [-0.15, -0.1) is 0 Å². The van der Waals surface area contributed by atoms with Gasteiger partial charge in [-0.1, -0.05) is 6.07 Å². The number of amides is 1. The number of carbonyl (C=O) groups excluding carboxylic acids is 1. The Kier molecular flexibility index (Phi) is 4.69. The lowest BCUT2D eigenvalue weighted by molar-refractivity contribution is -0.128. The lowest BCUT2D eigenvalue weighted by Gasteiger charge is -2.39. The summed E-state index contributed by atoms with van der Waals surface area (Å²) in [7, 11) is 0. The number of hydrogen-bond acceptors (Lipinski definition) is 4. The molecule has 5 nitrogen and oxygen atoms in total. The Balaban J connectivity index is 1.49. The lowest BCUT2D eigenvalue weighted by atomic mass is 9.74. The summed E-state index contributed by atoms with van der Waals surface area (Å²) in [5, 5.41) is 22.6. The van der Waals surface area contributed by atoms with E-state index in [0.717, 1.165) is 50.0 Å². The van der Waals surface area contributed by atoms with Crippen LogP contribution in [0.2, 0.25) is 0 Å². The average molecular weight is 345 g/mol. The molecule has 2 aliphatic carbocycles. The summed E-state index contributed by atoms with van der Waals surface area (Å²) < 4.78 is 5.59. The van der Waals surface area contributed by atoms with Crippen molar-refractivity contribution in [3.8, 4) is 5.75 Å². The SMILES string of the molecule is O=C(N[C@H](c1ccc2c(c1)CCO2)C1CC(O)C1)C1CCC(O)CC1. The highest BCUT2D eigenvalue weighted by atomic mass is 16.5. The van der Waals surface area contributed by atoms with E-state index in [1.807, 2.05) is 12.1 Å². The molecule has 1 heterocycles. The molecule has 3 aliphatic rings. The van der Waals surface area contributed by atoms with Crippen LogP contribution in [-0.2, 0) is 11.2 Å². The summed E-state index contributed by atoms with van der Waals surface area (Å²) >= 11 is 0. The third kappa shape index (κ3) is 3.53. The van der Waals surface area contributed by atoms with Crippen LogP contribution in [0, 0.1) is 11.8 Å². The molecule has 1 amide bonds. The molecule has 25 heavy (non-hydrogen) atoms. The number of carbonyl (C=O) groups is 1. The maximum atomic E-state index is 12.8. The largest absolute Gasteiger partial charge is 0.493 e. The van der Waals surface area contributed by atoms with Crippen molar-refractivity contribution in [2.24, 2.45) is 11.8 Å². The van der Waals surface area contributed by atoms with E-state index in [4.69, 9.17) is 4.74 Å². The van der Waals surface area contributed by atoms with Gasteiger partial charge in [0.15, 0.2) is 0 Å². The first-order valence-corrected chi connectivity index (χ1v) is 9.52. The van der Waals surface area contributed by atoms with Gasteiger partial charge in [0.2, 0.25) is 5.91 Å². The molecule has 0 radical (unpaired) electrons. The Morgan fingerprint density at radius 2 is 1.88 bits per heavy atom. The fraction of sp³-hybridized carbons (Fsp3) is 0.650. The van der Waals surface area contributed by atoms with Crippen molar-refractivity contribution >= 4 is 5.91 Å². The third-order valence-corrected chi connectivity index (χ3v) is 6.06. The van der Waals surface area contributed by atoms with Gasteiger partial charge in [0.05, 0.1) is 24.9 Å². The summed E-state index contributed by atoms with van der Waals surface area (Å²) in [6.45, 7) is 0.725. The zero-order chi connectivity index (χ0) is 17.4. The molecular formula is C20H27NO4. The monoisotopic (exact) mass is 345 g/mol. The normalized spacial score (nSPS) is 32.2. The molecule has 0 saturated heterocycles. The summed E-state index contributed by atoms with van der Waals surface area (Å²) in [6, 6.07) is 6.16. The van der Waals surface area contributed by atoms with E-state index in [9.17, 15) is 15.0 Å². The standard InChI is InChI=1S/C20H27NO4/c22-16-4-1-12(2-5-16)20(24)21-19(15-10-17(23)11-15)14-3-6-18-13(9-14)7-8-25-18/h3,6,9,12,15-17,19,22-23H,1-2,4-5,7-8,10-11H2,(H,21,24)/t12?,15?,16?,17?,19-/m1/s1. The highest BCUT2D eigenvalue weighted by Crippen LogP contribution is 2.40. The number of ether oxygens (including phenoxy) is 1. The summed E-state index contributed by atoms with van der Waals surface area (Å²) in [6.07, 6.45) is 4.82. The maximum absolute atomic E-state index is 12.8. The van der Waals surface area contributed by atoms with Crippen LogP contribution in [0.3, 0.4) is 0 Å². The van der Waals surface area contributed by atoms with E-state index in [-0.39, 0.29) is 36.0 Å². The second kappa shape index (κ2) is 6.96. The Hall–Kier alpha value is -1.59. The third-order valence-electron chi connectivity index (χ3n) is 6.06. The van der Waals surface area contributed by atoms with E-state index in [0.29, 0.717) is 12.8 Å². The quantitative estimate of drug-likeness (QED) is 0.781. The minimum absolute atomic E-state index is 0.00587. The molecule has 2 saturated carbocycles. The average Bonchev–Trinajstić information content (AvgIpc) is 3.05. The highest BCUT2D eigenvalue weighted by Gasteiger charge is 2.37. The van der Waals surface area contributed by atoms with E-state index in [2.05, 4.69) is 11.4 Å². The van der Waals surface area contributed by atoms with Gasteiger partial charge in [-0.05, 0) is 67.7 Å². The molecule has 3 N–H and O–H groups in total. The van der Waals surface area contributed by atoms with Crippen LogP contribution < -0.4 is 10.1 Å². The minimum atomic E-state index is -0.252. The van der Waals surface area contributed by atoms with Crippen LogP contribution in [0.15, 0.2) is 18.2 Å². The van der Waals surface area contributed by atoms with Gasteiger partial charge in [-0.2, -0.15) is 0 Å². The number of hydrogen-bond donors (Lipinski definition) is 3. The first-order chi connectivity index (χ1) is 12.1. The van der Waals surface area contributed by atoms with Crippen molar-refractivity contribution < 1.29 is 19.7 Å². The van der Waals surface area contributed by atoms with Gasteiger partial charge >= 0.3 is 0 Å². The maximum Gasteiger partial charge on any atom is 0.223 e. The number of fused-ring (bicyclic) bond motifs is 1. The molecule has 136 valence electrons. The van der Waals surface area contributed by atoms with Crippen molar-refractivity contribution in [1.82, 2.24) is 5.32 Å². The second-order valence-electron chi connectivity index (χ2n) is 7.84. The van der Waals surface area contributed by atoms with Crippen molar-refractivity contribution in [2.75, 3.05) is 6.61 Å². The lowest BCUT2D eigenvalue weighted by Crippen LogP contribution is -2.44. The van der Waals surface area contributed by atoms with E-state index < -0.39 is 0 Å². The topological polar surface area (TPSA) is 78.8 Å². The van der Waals surface area contributed by atoms with Crippen LogP contribution in [-0.4, -0.2) is 34.9 Å². The summed E-state index contributed by atoms with van der Waals surface area (Å²) in [4.78, 5) is 12.8. The number of aliphatic hydroxyl groups excluding tert-OH is 2. The van der Waals surface area contributed by atoms with Crippen LogP contribution in [0.4, 0.5) is 0 Å². The van der Waals surface area contributed by atoms with Crippen molar-refractivity contribution in [2.45, 2.75) is 63.2 Å². The number of benzene rings is 1. The first-order valence-electron chi connectivity index (χ1n) is 9.52. The predicted octanol–water partition coefficient (Wildman–Crippen LogP) is 2.10. The number of rotatable bonds is 4. The van der Waals surface area contributed by atoms with E-state index >= 15 is 0 Å². The molecule has 2 fully saturated rings. The fourth-order valence-corrected chi connectivity index (χ4v) is 4.38. The first kappa shape index (κ1) is 16.9. The molecule has 4 rings (SSSR count). The molecular weight excluding hydrogens is 318 g/mol. The Morgan fingerprint density at radius 1 is 1.12 bits per heavy atom. The molecule has 0 aromatic heterocycles. The van der Waals surface area contributed by atoms with E-state index in [1.54, 1.807) is 0 Å². The Bertz CT molecular complexity index is 633. The van der Waals surface area contributed by atoms with Crippen LogP contribution >= 0.6 is 0 Å². The molecule has 0 bridgehead atoms. The van der Waals surface area contributed by atoms with Gasteiger partial charge in [-0.3, -0.25) is 4.79 Å². The molecule has 1 aromatic rings. The van der Waals surface area contributed by atoms with Crippen molar-refractivity contribution in [3.05, 3.63) is 29.3 Å². The zero-order valence-electron chi connectivity index (χ0n) is 14.5. The fourth-order valence-electron chi connectivity index (χ4n) is 4.38. The molecule has 1 aliphatic heterocycles. The zero-order valence-corrected chi connectivity index (χ0v) is 14.5. The smallest absolute Gasteiger partial charge is 0.223 e. The molecule has 5 heteroatoms. The predicted molar refractivity (Wildman–Crippen MR) is 93.2 cm³/mol. The van der Waals surface area contributed by atoms with Crippen LogP contribution in [0.5, 0.6) is 5.75 Å². The van der Waals surface area contributed by atoms with Gasteiger partial charge < -0.3 is 20.3 Å². The van der Waals surface area contributed by atoms with Gasteiger partial charge in [0.25, 0.3) is 0 Å². The van der Waals surface area contributed by atoms with Gasteiger partial charge in [-0.25, -0.2) is 0 Å². The van der Waals surface area contributed by atoms with E-state index in [1.165, 1.54) is 5.56 Å². The molecule has 1 aromatic carbocycles. The van der Waals surface area contributed by atoms with Crippen LogP contribution in [0.25, 0.3) is 0 Å². The molecule has 0 spiro atoms. The Morgan fingerprint density at radius 3 is 2.60 bits per heavy atom. The van der Waals surface area contributed by atoms with Crippen LogP contribution in [0.1, 0.15) is 55.7 Å². The van der Waals surface area contributed by atoms with Crippen molar-refractivity contribution in [3.63, 3.8) is 0 Å². The minimum Gasteiger partial charge on any atom is -0.493 e. The molecule has 1 atom stereocenters. The molecule has 0 unspecified atom stereocenters. The Labute approximate surface area is 148 Å². The highest BCUT2D eigenvalue weighted by molar-refractivity contribution is 5.79. The van der Waals surface area contributed by atoms with Gasteiger partial charge in [0, 0.05) is 12.3 Å². The second-order valence-corrected chi connectivity index (χ2v) is 7.84. The number of nitrogens with one attached hydrogen (secondary N) is 1. The summed E-state index contributed by atoms with van der Waals surface area (Å²) in [5.74, 6) is 1.32.